The maximum atomic E-state index is 11.9. The summed E-state index contributed by atoms with van der Waals surface area (Å²) in [4.78, 5) is 14.1. The molecule has 1 aliphatic heterocycles. The molecule has 1 aromatic heterocycles. The molecule has 2 aromatic carbocycles. The first kappa shape index (κ1) is 16.7. The van der Waals surface area contributed by atoms with E-state index < -0.39 is 6.10 Å². The number of carbonyl (C=O) groups excluding carboxylic acids is 1. The second-order valence-electron chi connectivity index (χ2n) is 7.05. The number of aromatic nitrogens is 1. The van der Waals surface area contributed by atoms with E-state index in [2.05, 4.69) is 59.3 Å². The second kappa shape index (κ2) is 6.50. The van der Waals surface area contributed by atoms with Crippen LogP contribution in [0.2, 0.25) is 0 Å². The van der Waals surface area contributed by atoms with Crippen LogP contribution in [0.5, 0.6) is 5.75 Å². The van der Waals surface area contributed by atoms with Gasteiger partial charge in [0.25, 0.3) is 5.91 Å². The van der Waals surface area contributed by atoms with Crippen molar-refractivity contribution in [1.82, 2.24) is 9.47 Å². The summed E-state index contributed by atoms with van der Waals surface area (Å²) in [5, 5.41) is 4.15. The lowest BCUT2D eigenvalue weighted by Gasteiger charge is -2.23. The zero-order valence-corrected chi connectivity index (χ0v) is 15.3. The molecule has 0 spiro atoms. The largest absolute Gasteiger partial charge is 0.479 e. The van der Waals surface area contributed by atoms with E-state index in [4.69, 9.17) is 4.74 Å². The summed E-state index contributed by atoms with van der Waals surface area (Å²) in [7, 11) is 4.17. The van der Waals surface area contributed by atoms with Crippen LogP contribution < -0.4 is 10.1 Å². The van der Waals surface area contributed by atoms with Crippen LogP contribution in [0.15, 0.2) is 48.7 Å². The lowest BCUT2D eigenvalue weighted by atomic mass is 10.0. The van der Waals surface area contributed by atoms with Crippen molar-refractivity contribution in [2.45, 2.75) is 19.6 Å². The fraction of sp³-hybridized carbons (Fsp3) is 0.286. The van der Waals surface area contributed by atoms with E-state index in [1.165, 1.54) is 10.9 Å². The van der Waals surface area contributed by atoms with Crippen molar-refractivity contribution < 1.29 is 9.53 Å². The highest BCUT2D eigenvalue weighted by molar-refractivity contribution is 5.98. The van der Waals surface area contributed by atoms with E-state index in [1.54, 1.807) is 6.92 Å². The Bertz CT molecular complexity index is 975. The zero-order chi connectivity index (χ0) is 18.3. The average molecular weight is 349 g/mol. The first-order valence-corrected chi connectivity index (χ1v) is 8.87. The number of rotatable bonds is 4. The zero-order valence-electron chi connectivity index (χ0n) is 15.3. The Morgan fingerprint density at radius 1 is 1.12 bits per heavy atom. The third-order valence-corrected chi connectivity index (χ3v) is 4.81. The van der Waals surface area contributed by atoms with Gasteiger partial charge in [-0.3, -0.25) is 4.79 Å². The topological polar surface area (TPSA) is 46.5 Å². The van der Waals surface area contributed by atoms with Crippen molar-refractivity contribution in [3.8, 4) is 16.9 Å². The smallest absolute Gasteiger partial charge is 0.265 e. The standard InChI is InChI=1S/C21H23N3O2/c1-14-21(25)22-18-12-16(6-7-20(18)26-14)17-5-4-15-8-9-24(19(15)13-17)11-10-23(2)3/h4-9,12-14H,10-11H2,1-3H3,(H,22,25). The fourth-order valence-electron chi connectivity index (χ4n) is 3.25. The quantitative estimate of drug-likeness (QED) is 0.783. The second-order valence-corrected chi connectivity index (χ2v) is 7.05. The molecule has 1 N–H and O–H groups in total. The van der Waals surface area contributed by atoms with Gasteiger partial charge in [0.1, 0.15) is 5.75 Å². The van der Waals surface area contributed by atoms with Crippen LogP contribution in [0.1, 0.15) is 6.92 Å². The number of nitrogens with one attached hydrogen (secondary N) is 1. The molecule has 3 aromatic rings. The maximum absolute atomic E-state index is 11.9. The summed E-state index contributed by atoms with van der Waals surface area (Å²) < 4.78 is 7.93. The van der Waals surface area contributed by atoms with Crippen LogP contribution in [0.4, 0.5) is 5.69 Å². The molecule has 0 saturated carbocycles. The van der Waals surface area contributed by atoms with Crippen LogP contribution in [-0.2, 0) is 11.3 Å². The molecular weight excluding hydrogens is 326 g/mol. The van der Waals surface area contributed by atoms with Gasteiger partial charge in [-0.25, -0.2) is 0 Å². The van der Waals surface area contributed by atoms with Crippen LogP contribution in [0, 0.1) is 0 Å². The maximum Gasteiger partial charge on any atom is 0.265 e. The van der Waals surface area contributed by atoms with Gasteiger partial charge in [0.15, 0.2) is 6.10 Å². The number of benzene rings is 2. The van der Waals surface area contributed by atoms with Crippen molar-refractivity contribution in [3.05, 3.63) is 48.7 Å². The molecule has 0 saturated heterocycles. The van der Waals surface area contributed by atoms with Crippen molar-refractivity contribution in [2.75, 3.05) is 26.0 Å². The van der Waals surface area contributed by atoms with Gasteiger partial charge < -0.3 is 19.5 Å². The first-order chi connectivity index (χ1) is 12.5. The van der Waals surface area contributed by atoms with Crippen LogP contribution in [0.3, 0.4) is 0 Å². The third-order valence-electron chi connectivity index (χ3n) is 4.81. The summed E-state index contributed by atoms with van der Waals surface area (Å²) in [6.45, 7) is 3.70. The normalized spacial score (nSPS) is 16.5. The number of fused-ring (bicyclic) bond motifs is 2. The Balaban J connectivity index is 1.69. The Kier molecular flexibility index (Phi) is 4.17. The Hall–Kier alpha value is -2.79. The number of anilines is 1. The lowest BCUT2D eigenvalue weighted by Crippen LogP contribution is -2.34. The van der Waals surface area contributed by atoms with E-state index in [9.17, 15) is 4.79 Å². The molecule has 4 rings (SSSR count). The first-order valence-electron chi connectivity index (χ1n) is 8.87. The van der Waals surface area contributed by atoms with E-state index in [-0.39, 0.29) is 5.91 Å². The van der Waals surface area contributed by atoms with Gasteiger partial charge in [-0.2, -0.15) is 0 Å². The van der Waals surface area contributed by atoms with Crippen LogP contribution in [0.25, 0.3) is 22.0 Å². The number of hydrogen-bond donors (Lipinski definition) is 1. The number of carbonyl (C=O) groups is 1. The van der Waals surface area contributed by atoms with Gasteiger partial charge in [-0.15, -0.1) is 0 Å². The summed E-state index contributed by atoms with van der Waals surface area (Å²) in [6, 6.07) is 14.6. The summed E-state index contributed by atoms with van der Waals surface area (Å²) in [5.41, 5.74) is 4.13. The SMILES string of the molecule is CC1Oc2ccc(-c3ccc4ccn(CCN(C)C)c4c3)cc2NC1=O. The number of hydrogen-bond acceptors (Lipinski definition) is 3. The minimum Gasteiger partial charge on any atom is -0.479 e. The number of likely N-dealkylation sites (N-methyl/N-ethyl adjacent to an activating group) is 1. The number of nitrogens with zero attached hydrogens (tertiary/aromatic N) is 2. The minimum atomic E-state index is -0.454. The number of ether oxygens (including phenoxy) is 1. The van der Waals surface area contributed by atoms with Crippen molar-refractivity contribution in [3.63, 3.8) is 0 Å². The predicted octanol–water partition coefficient (Wildman–Crippen LogP) is 3.59. The highest BCUT2D eigenvalue weighted by atomic mass is 16.5. The molecule has 1 atom stereocenters. The van der Waals surface area contributed by atoms with Crippen molar-refractivity contribution in [2.24, 2.45) is 0 Å². The van der Waals surface area contributed by atoms with E-state index in [0.29, 0.717) is 0 Å². The van der Waals surface area contributed by atoms with E-state index in [0.717, 1.165) is 35.7 Å². The van der Waals surface area contributed by atoms with Gasteiger partial charge in [-0.1, -0.05) is 18.2 Å². The van der Waals surface area contributed by atoms with Crippen LogP contribution >= 0.6 is 0 Å². The van der Waals surface area contributed by atoms with Gasteiger partial charge in [0, 0.05) is 24.8 Å². The Labute approximate surface area is 153 Å². The van der Waals surface area contributed by atoms with Crippen molar-refractivity contribution in [1.29, 1.82) is 0 Å². The Morgan fingerprint density at radius 3 is 2.69 bits per heavy atom. The predicted molar refractivity (Wildman–Crippen MR) is 105 cm³/mol. The summed E-state index contributed by atoms with van der Waals surface area (Å²) >= 11 is 0. The third kappa shape index (κ3) is 3.06. The molecule has 0 radical (unpaired) electrons. The molecule has 26 heavy (non-hydrogen) atoms. The average Bonchev–Trinajstić information content (AvgIpc) is 3.03. The molecule has 5 nitrogen and oxygen atoms in total. The van der Waals surface area contributed by atoms with Gasteiger partial charge >= 0.3 is 0 Å². The van der Waals surface area contributed by atoms with Gasteiger partial charge in [0.2, 0.25) is 0 Å². The molecule has 2 heterocycles. The molecule has 134 valence electrons. The van der Waals surface area contributed by atoms with Crippen molar-refractivity contribution >= 4 is 22.5 Å². The molecular formula is C21H23N3O2. The molecule has 0 aliphatic carbocycles. The molecule has 5 heteroatoms. The fourth-order valence-corrected chi connectivity index (χ4v) is 3.25. The highest BCUT2D eigenvalue weighted by Gasteiger charge is 2.23. The highest BCUT2D eigenvalue weighted by Crippen LogP contribution is 2.35. The monoisotopic (exact) mass is 349 g/mol. The molecule has 0 fully saturated rings. The van der Waals surface area contributed by atoms with Gasteiger partial charge in [-0.05, 0) is 61.8 Å². The summed E-state index contributed by atoms with van der Waals surface area (Å²) in [5.74, 6) is 0.610. The Morgan fingerprint density at radius 2 is 1.88 bits per heavy atom. The molecule has 1 unspecified atom stereocenters. The molecule has 0 bridgehead atoms. The molecule has 1 amide bonds. The van der Waals surface area contributed by atoms with E-state index in [1.807, 2.05) is 18.2 Å². The minimum absolute atomic E-state index is 0.109. The van der Waals surface area contributed by atoms with E-state index >= 15 is 0 Å². The van der Waals surface area contributed by atoms with Gasteiger partial charge in [0.05, 0.1) is 5.69 Å². The van der Waals surface area contributed by atoms with Crippen LogP contribution in [-0.4, -0.2) is 42.1 Å². The summed E-state index contributed by atoms with van der Waals surface area (Å²) in [6.07, 6.45) is 1.69. The number of amides is 1. The lowest BCUT2D eigenvalue weighted by molar-refractivity contribution is -0.122. The molecule has 1 aliphatic rings.